The summed E-state index contributed by atoms with van der Waals surface area (Å²) in [5.74, 6) is -0.124. The average molecular weight is 302 g/mol. The predicted octanol–water partition coefficient (Wildman–Crippen LogP) is 3.06. The molecule has 0 radical (unpaired) electrons. The molecule has 1 unspecified atom stereocenters. The highest BCUT2D eigenvalue weighted by molar-refractivity contribution is 5.69. The van der Waals surface area contributed by atoms with Gasteiger partial charge in [0.1, 0.15) is 6.61 Å². The van der Waals surface area contributed by atoms with Crippen molar-refractivity contribution in [2.75, 3.05) is 33.0 Å². The van der Waals surface area contributed by atoms with E-state index in [0.717, 1.165) is 32.3 Å². The Bertz CT molecular complexity index is 251. The number of unbranched alkanes of at least 4 members (excludes halogenated alkanes) is 3. The quantitative estimate of drug-likeness (QED) is 0.409. The lowest BCUT2D eigenvalue weighted by Crippen LogP contribution is -2.24. The Morgan fingerprint density at radius 2 is 1.95 bits per heavy atom. The maximum Gasteiger partial charge on any atom is 0.305 e. The molecule has 5 heteroatoms. The second-order valence-electron chi connectivity index (χ2n) is 5.31. The van der Waals surface area contributed by atoms with Gasteiger partial charge >= 0.3 is 5.97 Å². The first-order chi connectivity index (χ1) is 10.3. The van der Waals surface area contributed by atoms with Crippen molar-refractivity contribution < 1.29 is 23.7 Å². The number of hydrogen-bond acceptors (Lipinski definition) is 5. The molecular weight excluding hydrogens is 272 g/mol. The fourth-order valence-electron chi connectivity index (χ4n) is 2.17. The summed E-state index contributed by atoms with van der Waals surface area (Å²) in [6.07, 6.45) is 8.09. The molecule has 0 aromatic rings. The first-order valence-electron chi connectivity index (χ1n) is 8.29. The van der Waals surface area contributed by atoms with Crippen molar-refractivity contribution in [3.8, 4) is 0 Å². The highest BCUT2D eigenvalue weighted by atomic mass is 16.7. The van der Waals surface area contributed by atoms with Gasteiger partial charge in [-0.1, -0.05) is 26.2 Å². The van der Waals surface area contributed by atoms with Crippen LogP contribution in [0.2, 0.25) is 0 Å². The predicted molar refractivity (Wildman–Crippen MR) is 80.1 cm³/mol. The molecule has 1 saturated heterocycles. The second-order valence-corrected chi connectivity index (χ2v) is 5.31. The van der Waals surface area contributed by atoms with E-state index in [4.69, 9.17) is 18.9 Å². The van der Waals surface area contributed by atoms with Crippen LogP contribution in [0, 0.1) is 0 Å². The Balaban J connectivity index is 1.80. The SMILES string of the molecule is CCCCCCC(=O)OCCOCCOC1CCCCO1. The van der Waals surface area contributed by atoms with Gasteiger partial charge in [-0.3, -0.25) is 4.79 Å². The first-order valence-corrected chi connectivity index (χ1v) is 8.29. The van der Waals surface area contributed by atoms with E-state index in [-0.39, 0.29) is 12.3 Å². The van der Waals surface area contributed by atoms with Crippen LogP contribution in [0.15, 0.2) is 0 Å². The van der Waals surface area contributed by atoms with E-state index in [9.17, 15) is 4.79 Å². The van der Waals surface area contributed by atoms with Crippen LogP contribution in [0.3, 0.4) is 0 Å². The van der Waals surface area contributed by atoms with Crippen molar-refractivity contribution in [3.05, 3.63) is 0 Å². The molecule has 1 fully saturated rings. The summed E-state index contributed by atoms with van der Waals surface area (Å²) in [5, 5.41) is 0. The van der Waals surface area contributed by atoms with Gasteiger partial charge in [0.25, 0.3) is 0 Å². The maximum absolute atomic E-state index is 11.4. The van der Waals surface area contributed by atoms with E-state index in [1.807, 2.05) is 0 Å². The largest absolute Gasteiger partial charge is 0.463 e. The monoisotopic (exact) mass is 302 g/mol. The molecule has 0 aliphatic carbocycles. The van der Waals surface area contributed by atoms with Crippen LogP contribution in [0.25, 0.3) is 0 Å². The fourth-order valence-corrected chi connectivity index (χ4v) is 2.17. The first kappa shape index (κ1) is 18.4. The van der Waals surface area contributed by atoms with E-state index < -0.39 is 0 Å². The molecule has 0 spiro atoms. The van der Waals surface area contributed by atoms with Crippen LogP contribution in [-0.2, 0) is 23.7 Å². The molecule has 0 aromatic carbocycles. The van der Waals surface area contributed by atoms with E-state index in [2.05, 4.69) is 6.92 Å². The zero-order valence-electron chi connectivity index (χ0n) is 13.3. The second kappa shape index (κ2) is 13.0. The van der Waals surface area contributed by atoms with Crippen LogP contribution in [0.4, 0.5) is 0 Å². The Morgan fingerprint density at radius 1 is 1.10 bits per heavy atom. The van der Waals surface area contributed by atoms with Crippen molar-refractivity contribution in [2.24, 2.45) is 0 Å². The standard InChI is InChI=1S/C16H30O5/c1-2-3-4-5-8-15(17)19-13-11-18-12-14-21-16-9-6-7-10-20-16/h16H,2-14H2,1H3. The summed E-state index contributed by atoms with van der Waals surface area (Å²) >= 11 is 0. The molecule has 0 saturated carbocycles. The molecule has 1 rings (SSSR count). The van der Waals surface area contributed by atoms with Crippen LogP contribution in [-0.4, -0.2) is 45.3 Å². The zero-order valence-corrected chi connectivity index (χ0v) is 13.3. The molecule has 0 N–H and O–H groups in total. The lowest BCUT2D eigenvalue weighted by atomic mass is 10.2. The Hall–Kier alpha value is -0.650. The number of carbonyl (C=O) groups is 1. The van der Waals surface area contributed by atoms with Gasteiger partial charge in [0, 0.05) is 13.0 Å². The fraction of sp³-hybridized carbons (Fsp3) is 0.938. The minimum atomic E-state index is -0.124. The van der Waals surface area contributed by atoms with Gasteiger partial charge in [-0.15, -0.1) is 0 Å². The molecule has 0 bridgehead atoms. The van der Waals surface area contributed by atoms with Crippen LogP contribution >= 0.6 is 0 Å². The Kier molecular flexibility index (Phi) is 11.4. The molecule has 124 valence electrons. The van der Waals surface area contributed by atoms with Crippen molar-refractivity contribution >= 4 is 5.97 Å². The number of rotatable bonds is 12. The summed E-state index contributed by atoms with van der Waals surface area (Å²) in [6.45, 7) is 4.73. The van der Waals surface area contributed by atoms with Gasteiger partial charge in [0.15, 0.2) is 6.29 Å². The third-order valence-electron chi connectivity index (χ3n) is 3.39. The molecule has 5 nitrogen and oxygen atoms in total. The molecular formula is C16H30O5. The van der Waals surface area contributed by atoms with E-state index in [1.165, 1.54) is 19.3 Å². The topological polar surface area (TPSA) is 54.0 Å². The van der Waals surface area contributed by atoms with Crippen molar-refractivity contribution in [2.45, 2.75) is 64.6 Å². The van der Waals surface area contributed by atoms with E-state index in [0.29, 0.717) is 32.8 Å². The van der Waals surface area contributed by atoms with Gasteiger partial charge < -0.3 is 18.9 Å². The van der Waals surface area contributed by atoms with Crippen molar-refractivity contribution in [3.63, 3.8) is 0 Å². The lowest BCUT2D eigenvalue weighted by Gasteiger charge is -2.22. The third-order valence-corrected chi connectivity index (χ3v) is 3.39. The van der Waals surface area contributed by atoms with Crippen molar-refractivity contribution in [1.82, 2.24) is 0 Å². The molecule has 1 aliphatic rings. The van der Waals surface area contributed by atoms with Crippen molar-refractivity contribution in [1.29, 1.82) is 0 Å². The molecule has 1 aliphatic heterocycles. The summed E-state index contributed by atoms with van der Waals surface area (Å²) in [4.78, 5) is 11.4. The highest BCUT2D eigenvalue weighted by Gasteiger charge is 2.13. The van der Waals surface area contributed by atoms with E-state index in [1.54, 1.807) is 0 Å². The minimum Gasteiger partial charge on any atom is -0.463 e. The normalized spacial score (nSPS) is 18.6. The molecule has 0 amide bonds. The van der Waals surface area contributed by atoms with Gasteiger partial charge in [-0.25, -0.2) is 0 Å². The molecule has 0 aromatic heterocycles. The number of ether oxygens (including phenoxy) is 4. The van der Waals surface area contributed by atoms with Crippen LogP contribution < -0.4 is 0 Å². The minimum absolute atomic E-state index is 0.0664. The van der Waals surface area contributed by atoms with Gasteiger partial charge in [-0.05, 0) is 25.7 Å². The summed E-state index contributed by atoms with van der Waals surface area (Å²) in [6, 6.07) is 0. The Morgan fingerprint density at radius 3 is 2.71 bits per heavy atom. The summed E-state index contributed by atoms with van der Waals surface area (Å²) in [7, 11) is 0. The summed E-state index contributed by atoms with van der Waals surface area (Å²) < 4.78 is 21.4. The smallest absolute Gasteiger partial charge is 0.305 e. The molecule has 21 heavy (non-hydrogen) atoms. The van der Waals surface area contributed by atoms with Gasteiger partial charge in [0.2, 0.25) is 0 Å². The molecule has 1 heterocycles. The van der Waals surface area contributed by atoms with Gasteiger partial charge in [-0.2, -0.15) is 0 Å². The van der Waals surface area contributed by atoms with E-state index >= 15 is 0 Å². The number of hydrogen-bond donors (Lipinski definition) is 0. The highest BCUT2D eigenvalue weighted by Crippen LogP contribution is 2.13. The number of carbonyl (C=O) groups excluding carboxylic acids is 1. The maximum atomic E-state index is 11.4. The van der Waals surface area contributed by atoms with Gasteiger partial charge in [0.05, 0.1) is 19.8 Å². The molecule has 1 atom stereocenters. The Labute approximate surface area is 128 Å². The third kappa shape index (κ3) is 10.7. The summed E-state index contributed by atoms with van der Waals surface area (Å²) in [5.41, 5.74) is 0. The zero-order chi connectivity index (χ0) is 15.2. The number of esters is 1. The lowest BCUT2D eigenvalue weighted by molar-refractivity contribution is -0.169. The van der Waals surface area contributed by atoms with Crippen LogP contribution in [0.5, 0.6) is 0 Å². The van der Waals surface area contributed by atoms with Crippen LogP contribution in [0.1, 0.15) is 58.3 Å². The average Bonchev–Trinajstić information content (AvgIpc) is 2.51.